The van der Waals surface area contributed by atoms with E-state index >= 15 is 0 Å². The van der Waals surface area contributed by atoms with Crippen LogP contribution in [0.2, 0.25) is 0 Å². The number of rotatable bonds is 8. The molecule has 0 aromatic heterocycles. The first kappa shape index (κ1) is 22.1. The van der Waals surface area contributed by atoms with Gasteiger partial charge in [0.25, 0.3) is 5.91 Å². The van der Waals surface area contributed by atoms with Gasteiger partial charge < -0.3 is 20.7 Å². The van der Waals surface area contributed by atoms with Crippen LogP contribution in [0.4, 0.5) is 8.78 Å². The Balaban J connectivity index is 2.11. The maximum Gasteiger partial charge on any atom is 0.387 e. The van der Waals surface area contributed by atoms with E-state index in [9.17, 15) is 18.4 Å². The molecule has 6 nitrogen and oxygen atoms in total. The number of hydrogen-bond donors (Lipinski definition) is 2. The van der Waals surface area contributed by atoms with E-state index in [1.807, 2.05) is 13.8 Å². The molecule has 0 bridgehead atoms. The van der Waals surface area contributed by atoms with E-state index < -0.39 is 18.1 Å². The molecule has 1 unspecified atom stereocenters. The Labute approximate surface area is 164 Å². The number of nitrogens with one attached hydrogen (secondary N) is 1. The van der Waals surface area contributed by atoms with Crippen molar-refractivity contribution < 1.29 is 23.1 Å². The number of benzene rings is 1. The van der Waals surface area contributed by atoms with Gasteiger partial charge in [-0.2, -0.15) is 8.78 Å². The number of carbonyl (C=O) groups excluding carboxylic acids is 2. The van der Waals surface area contributed by atoms with Crippen LogP contribution in [0.3, 0.4) is 0 Å². The third-order valence-electron chi connectivity index (χ3n) is 5.55. The third-order valence-corrected chi connectivity index (χ3v) is 5.55. The summed E-state index contributed by atoms with van der Waals surface area (Å²) < 4.78 is 29.7. The van der Waals surface area contributed by atoms with E-state index in [0.29, 0.717) is 25.9 Å². The monoisotopic (exact) mass is 397 g/mol. The summed E-state index contributed by atoms with van der Waals surface area (Å²) in [5.74, 6) is -1.05. The number of amides is 2. The molecule has 8 heteroatoms. The van der Waals surface area contributed by atoms with Gasteiger partial charge in [0.15, 0.2) is 0 Å². The van der Waals surface area contributed by atoms with Gasteiger partial charge in [0.1, 0.15) is 5.75 Å². The van der Waals surface area contributed by atoms with Gasteiger partial charge in [-0.1, -0.05) is 26.0 Å². The fraction of sp³-hybridized carbons (Fsp3) is 0.600. The molecule has 1 aliphatic heterocycles. The number of piperidine rings is 1. The molecule has 2 rings (SSSR count). The van der Waals surface area contributed by atoms with Gasteiger partial charge in [0, 0.05) is 19.6 Å². The molecule has 156 valence electrons. The molecule has 0 spiro atoms. The van der Waals surface area contributed by atoms with Crippen molar-refractivity contribution in [3.63, 3.8) is 0 Å². The van der Waals surface area contributed by atoms with E-state index in [0.717, 1.165) is 12.8 Å². The number of ether oxygens (including phenoxy) is 1. The van der Waals surface area contributed by atoms with Crippen LogP contribution in [-0.2, 0) is 4.79 Å². The molecule has 28 heavy (non-hydrogen) atoms. The zero-order valence-electron chi connectivity index (χ0n) is 16.4. The van der Waals surface area contributed by atoms with Crippen molar-refractivity contribution in [2.45, 2.75) is 51.7 Å². The molecular formula is C20H29F2N3O3. The topological polar surface area (TPSA) is 84.7 Å². The van der Waals surface area contributed by atoms with E-state index in [1.165, 1.54) is 23.1 Å². The zero-order valence-corrected chi connectivity index (χ0v) is 16.4. The number of para-hydroxylation sites is 1. The number of nitrogens with zero attached hydrogens (tertiary/aromatic N) is 1. The van der Waals surface area contributed by atoms with E-state index in [-0.39, 0.29) is 29.7 Å². The van der Waals surface area contributed by atoms with Gasteiger partial charge in [-0.15, -0.1) is 0 Å². The van der Waals surface area contributed by atoms with Crippen LogP contribution < -0.4 is 15.8 Å². The number of halogens is 2. The Bertz CT molecular complexity index is 672. The molecule has 2 amide bonds. The second-order valence-electron chi connectivity index (χ2n) is 7.15. The zero-order chi connectivity index (χ0) is 20.7. The first-order chi connectivity index (χ1) is 13.4. The summed E-state index contributed by atoms with van der Waals surface area (Å²) in [6.45, 7) is 2.00. The molecule has 1 saturated heterocycles. The minimum atomic E-state index is -3.01. The predicted octanol–water partition coefficient (Wildman–Crippen LogP) is 2.77. The van der Waals surface area contributed by atoms with Gasteiger partial charge in [0.2, 0.25) is 5.91 Å². The average Bonchev–Trinajstić information content (AvgIpc) is 2.71. The molecule has 0 radical (unpaired) electrons. The normalized spacial score (nSPS) is 17.5. The molecule has 1 aliphatic rings. The Hall–Kier alpha value is -2.22. The Morgan fingerprint density at radius 3 is 2.61 bits per heavy atom. The second-order valence-corrected chi connectivity index (χ2v) is 7.15. The number of nitrogens with two attached hydrogens (primary N) is 1. The van der Waals surface area contributed by atoms with Crippen LogP contribution in [0.25, 0.3) is 0 Å². The predicted molar refractivity (Wildman–Crippen MR) is 102 cm³/mol. The van der Waals surface area contributed by atoms with E-state index in [2.05, 4.69) is 10.1 Å². The molecule has 1 fully saturated rings. The lowest BCUT2D eigenvalue weighted by Gasteiger charge is -2.36. The number of likely N-dealkylation sites (tertiary alicyclic amines) is 1. The van der Waals surface area contributed by atoms with Crippen LogP contribution in [0, 0.1) is 5.92 Å². The van der Waals surface area contributed by atoms with Gasteiger partial charge in [-0.3, -0.25) is 9.59 Å². The van der Waals surface area contributed by atoms with Crippen molar-refractivity contribution in [3.05, 3.63) is 29.8 Å². The average molecular weight is 397 g/mol. The maximum absolute atomic E-state index is 12.9. The molecule has 1 atom stereocenters. The molecular weight excluding hydrogens is 368 g/mol. The van der Waals surface area contributed by atoms with Crippen LogP contribution >= 0.6 is 0 Å². The largest absolute Gasteiger partial charge is 0.434 e. The third kappa shape index (κ3) is 5.19. The van der Waals surface area contributed by atoms with Crippen molar-refractivity contribution in [2.75, 3.05) is 19.6 Å². The van der Waals surface area contributed by atoms with Gasteiger partial charge >= 0.3 is 6.61 Å². The van der Waals surface area contributed by atoms with Crippen molar-refractivity contribution in [1.82, 2.24) is 10.2 Å². The maximum atomic E-state index is 12.9. The lowest BCUT2D eigenvalue weighted by atomic mass is 9.90. The standard InChI is InChI=1S/C20H29F2N3O3/c1-3-20(4-2,13-23)24-17(26)14-8-7-11-25(12-14)18(27)15-9-5-6-10-16(15)28-19(21)22/h5-6,9-10,14,19H,3-4,7-8,11-13,23H2,1-2H3,(H,24,26). The minimum absolute atomic E-state index is 0.0716. The quantitative estimate of drug-likeness (QED) is 0.706. The second kappa shape index (κ2) is 9.82. The van der Waals surface area contributed by atoms with Crippen LogP contribution in [0.1, 0.15) is 49.9 Å². The lowest BCUT2D eigenvalue weighted by Crippen LogP contribution is -2.56. The minimum Gasteiger partial charge on any atom is -0.434 e. The van der Waals surface area contributed by atoms with E-state index in [4.69, 9.17) is 5.73 Å². The lowest BCUT2D eigenvalue weighted by molar-refractivity contribution is -0.128. The summed E-state index contributed by atoms with van der Waals surface area (Å²) in [5, 5.41) is 3.06. The summed E-state index contributed by atoms with van der Waals surface area (Å²) in [6, 6.07) is 5.92. The number of alkyl halides is 2. The SMILES string of the molecule is CCC(CC)(CN)NC(=O)C1CCCN(C(=O)c2ccccc2OC(F)F)C1. The highest BCUT2D eigenvalue weighted by Crippen LogP contribution is 2.26. The Kier molecular flexibility index (Phi) is 7.74. The van der Waals surface area contributed by atoms with Crippen LogP contribution in [-0.4, -0.2) is 48.5 Å². The summed E-state index contributed by atoms with van der Waals surface area (Å²) in [4.78, 5) is 27.2. The van der Waals surface area contributed by atoms with Gasteiger partial charge in [0.05, 0.1) is 17.0 Å². The first-order valence-corrected chi connectivity index (χ1v) is 9.71. The number of hydrogen-bond acceptors (Lipinski definition) is 4. The molecule has 3 N–H and O–H groups in total. The highest BCUT2D eigenvalue weighted by atomic mass is 19.3. The van der Waals surface area contributed by atoms with Crippen molar-refractivity contribution in [1.29, 1.82) is 0 Å². The summed E-state index contributed by atoms with van der Waals surface area (Å²) in [7, 11) is 0. The molecule has 1 aromatic carbocycles. The summed E-state index contributed by atoms with van der Waals surface area (Å²) in [5.41, 5.74) is 5.49. The number of carbonyl (C=O) groups is 2. The summed E-state index contributed by atoms with van der Waals surface area (Å²) in [6.07, 6.45) is 2.77. The molecule has 1 aromatic rings. The Morgan fingerprint density at radius 1 is 1.32 bits per heavy atom. The first-order valence-electron chi connectivity index (χ1n) is 9.71. The van der Waals surface area contributed by atoms with Gasteiger partial charge in [-0.05, 0) is 37.8 Å². The fourth-order valence-corrected chi connectivity index (χ4v) is 3.52. The smallest absolute Gasteiger partial charge is 0.387 e. The van der Waals surface area contributed by atoms with Crippen molar-refractivity contribution in [3.8, 4) is 5.75 Å². The van der Waals surface area contributed by atoms with Crippen molar-refractivity contribution in [2.24, 2.45) is 11.7 Å². The van der Waals surface area contributed by atoms with Crippen molar-refractivity contribution >= 4 is 11.8 Å². The highest BCUT2D eigenvalue weighted by molar-refractivity contribution is 5.97. The van der Waals surface area contributed by atoms with Crippen LogP contribution in [0.15, 0.2) is 24.3 Å². The summed E-state index contributed by atoms with van der Waals surface area (Å²) >= 11 is 0. The molecule has 0 aliphatic carbocycles. The van der Waals surface area contributed by atoms with E-state index in [1.54, 1.807) is 6.07 Å². The van der Waals surface area contributed by atoms with Gasteiger partial charge in [-0.25, -0.2) is 0 Å². The highest BCUT2D eigenvalue weighted by Gasteiger charge is 2.34. The fourth-order valence-electron chi connectivity index (χ4n) is 3.52. The molecule has 1 heterocycles. The Morgan fingerprint density at radius 2 is 2.00 bits per heavy atom. The molecule has 0 saturated carbocycles. The van der Waals surface area contributed by atoms with Crippen LogP contribution in [0.5, 0.6) is 5.75 Å².